The monoisotopic (exact) mass is 331 g/mol. The maximum absolute atomic E-state index is 13.5. The van der Waals surface area contributed by atoms with Crippen molar-refractivity contribution >= 4 is 35.0 Å². The number of hydrogen-bond donors (Lipinski definition) is 1. The van der Waals surface area contributed by atoms with Gasteiger partial charge < -0.3 is 5.32 Å². The normalized spacial score (nSPS) is 10.7. The second kappa shape index (κ2) is 6.87. The van der Waals surface area contributed by atoms with E-state index in [9.17, 15) is 18.0 Å². The first kappa shape index (κ1) is 15.7. The molecular weight excluding hydrogens is 323 g/mol. The molecule has 0 unspecified atom stereocenters. The summed E-state index contributed by atoms with van der Waals surface area (Å²) in [5.41, 5.74) is 0.187. The fraction of sp³-hybridized carbons (Fsp3) is 0.0714. The van der Waals surface area contributed by atoms with Gasteiger partial charge in [0.25, 0.3) is 11.7 Å². The molecule has 0 saturated heterocycles. The van der Waals surface area contributed by atoms with Crippen LogP contribution >= 0.6 is 23.4 Å². The van der Waals surface area contributed by atoms with Crippen LogP contribution in [0.3, 0.4) is 0 Å². The summed E-state index contributed by atoms with van der Waals surface area (Å²) in [5, 5.41) is 2.71. The molecule has 2 aromatic carbocycles. The molecule has 0 saturated carbocycles. The number of amides is 1. The van der Waals surface area contributed by atoms with E-state index in [1.165, 1.54) is 36.4 Å². The van der Waals surface area contributed by atoms with Gasteiger partial charge in [0, 0.05) is 15.6 Å². The standard InChI is InChI=1S/C14H9ClF3NOS/c15-8-1-6-12(16)11(7-8)13(20)19-9-2-4-10(5-3-9)21-14(17)18/h1-7,14H,(H,19,20). The van der Waals surface area contributed by atoms with Gasteiger partial charge in [-0.1, -0.05) is 23.4 Å². The molecule has 21 heavy (non-hydrogen) atoms. The molecule has 2 nitrogen and oxygen atoms in total. The lowest BCUT2D eigenvalue weighted by atomic mass is 10.2. The van der Waals surface area contributed by atoms with Gasteiger partial charge in [0.15, 0.2) is 0 Å². The van der Waals surface area contributed by atoms with Crippen molar-refractivity contribution in [2.24, 2.45) is 0 Å². The quantitative estimate of drug-likeness (QED) is 0.795. The van der Waals surface area contributed by atoms with E-state index in [2.05, 4.69) is 5.32 Å². The zero-order chi connectivity index (χ0) is 15.4. The Morgan fingerprint density at radius 1 is 1.14 bits per heavy atom. The average molecular weight is 332 g/mol. The van der Waals surface area contributed by atoms with Gasteiger partial charge in [-0.05, 0) is 42.5 Å². The van der Waals surface area contributed by atoms with E-state index in [1.54, 1.807) is 0 Å². The minimum Gasteiger partial charge on any atom is -0.322 e. The Kier molecular flexibility index (Phi) is 5.14. The lowest BCUT2D eigenvalue weighted by Gasteiger charge is -2.07. The molecule has 0 aliphatic carbocycles. The van der Waals surface area contributed by atoms with Gasteiger partial charge in [-0.25, -0.2) is 4.39 Å². The molecule has 7 heteroatoms. The summed E-state index contributed by atoms with van der Waals surface area (Å²) in [6.45, 7) is 0. The van der Waals surface area contributed by atoms with Gasteiger partial charge in [-0.15, -0.1) is 0 Å². The molecule has 0 radical (unpaired) electrons. The lowest BCUT2D eigenvalue weighted by Crippen LogP contribution is -2.13. The first-order chi connectivity index (χ1) is 9.95. The molecule has 0 spiro atoms. The Balaban J connectivity index is 2.10. The smallest absolute Gasteiger partial charge is 0.288 e. The molecule has 1 amide bonds. The predicted octanol–water partition coefficient (Wildman–Crippen LogP) is 5.05. The maximum atomic E-state index is 13.5. The van der Waals surface area contributed by atoms with E-state index < -0.39 is 17.5 Å². The van der Waals surface area contributed by atoms with E-state index in [-0.39, 0.29) is 10.6 Å². The third-order valence-corrected chi connectivity index (χ3v) is 3.47. The second-order valence-corrected chi connectivity index (χ2v) is 5.48. The minimum absolute atomic E-state index is 0.187. The number of carbonyl (C=O) groups is 1. The van der Waals surface area contributed by atoms with Crippen LogP contribution in [0.1, 0.15) is 10.4 Å². The Labute approximate surface area is 128 Å². The summed E-state index contributed by atoms with van der Waals surface area (Å²) >= 11 is 6.12. The molecule has 0 bridgehead atoms. The van der Waals surface area contributed by atoms with Crippen LogP contribution in [0.4, 0.5) is 18.9 Å². The summed E-state index contributed by atoms with van der Waals surface area (Å²) in [6.07, 6.45) is 0. The molecule has 0 heterocycles. The molecule has 1 N–H and O–H groups in total. The van der Waals surface area contributed by atoms with Crippen molar-refractivity contribution < 1.29 is 18.0 Å². The van der Waals surface area contributed by atoms with Gasteiger partial charge >= 0.3 is 0 Å². The highest BCUT2D eigenvalue weighted by Gasteiger charge is 2.13. The van der Waals surface area contributed by atoms with Crippen LogP contribution in [0.5, 0.6) is 0 Å². The summed E-state index contributed by atoms with van der Waals surface area (Å²) in [4.78, 5) is 12.3. The Hall–Kier alpha value is -1.66. The fourth-order valence-corrected chi connectivity index (χ4v) is 2.26. The zero-order valence-corrected chi connectivity index (χ0v) is 12.0. The summed E-state index contributed by atoms with van der Waals surface area (Å²) in [7, 11) is 0. The number of benzene rings is 2. The fourth-order valence-electron chi connectivity index (χ4n) is 1.59. The second-order valence-electron chi connectivity index (χ2n) is 3.98. The minimum atomic E-state index is -2.51. The zero-order valence-electron chi connectivity index (χ0n) is 10.4. The first-order valence-electron chi connectivity index (χ1n) is 5.77. The van der Waals surface area contributed by atoms with Gasteiger partial charge in [0.05, 0.1) is 5.56 Å². The number of nitrogens with one attached hydrogen (secondary N) is 1. The van der Waals surface area contributed by atoms with Crippen LogP contribution in [-0.2, 0) is 0 Å². The van der Waals surface area contributed by atoms with E-state index >= 15 is 0 Å². The average Bonchev–Trinajstić information content (AvgIpc) is 2.43. The van der Waals surface area contributed by atoms with Crippen LogP contribution in [0.25, 0.3) is 0 Å². The van der Waals surface area contributed by atoms with E-state index in [1.807, 2.05) is 0 Å². The van der Waals surface area contributed by atoms with Crippen molar-refractivity contribution in [3.63, 3.8) is 0 Å². The van der Waals surface area contributed by atoms with E-state index in [0.717, 1.165) is 6.07 Å². The third-order valence-electron chi connectivity index (χ3n) is 2.51. The highest BCUT2D eigenvalue weighted by Crippen LogP contribution is 2.26. The van der Waals surface area contributed by atoms with Crippen molar-refractivity contribution in [3.8, 4) is 0 Å². The van der Waals surface area contributed by atoms with Crippen molar-refractivity contribution in [1.29, 1.82) is 0 Å². The molecule has 2 aromatic rings. The molecule has 0 atom stereocenters. The number of hydrogen-bond acceptors (Lipinski definition) is 2. The number of rotatable bonds is 4. The van der Waals surface area contributed by atoms with Crippen molar-refractivity contribution in [1.82, 2.24) is 0 Å². The Morgan fingerprint density at radius 3 is 2.43 bits per heavy atom. The van der Waals surface area contributed by atoms with E-state index in [0.29, 0.717) is 22.3 Å². The number of thioether (sulfide) groups is 1. The molecular formula is C14H9ClF3NOS. The van der Waals surface area contributed by atoms with Gasteiger partial charge in [-0.3, -0.25) is 4.79 Å². The topological polar surface area (TPSA) is 29.1 Å². The molecule has 110 valence electrons. The van der Waals surface area contributed by atoms with Gasteiger partial charge in [0.1, 0.15) is 5.82 Å². The highest BCUT2D eigenvalue weighted by molar-refractivity contribution is 7.99. The van der Waals surface area contributed by atoms with Crippen molar-refractivity contribution in [3.05, 3.63) is 58.9 Å². The number of anilines is 1. The molecule has 0 aliphatic heterocycles. The van der Waals surface area contributed by atoms with Crippen LogP contribution in [-0.4, -0.2) is 11.7 Å². The SMILES string of the molecule is O=C(Nc1ccc(SC(F)F)cc1)c1cc(Cl)ccc1F. The lowest BCUT2D eigenvalue weighted by molar-refractivity contribution is 0.102. The molecule has 0 aliphatic rings. The molecule has 0 aromatic heterocycles. The number of halogens is 4. The Bertz CT molecular complexity index is 649. The summed E-state index contributed by atoms with van der Waals surface area (Å²) < 4.78 is 37.9. The summed E-state index contributed by atoms with van der Waals surface area (Å²) in [5.74, 6) is -3.86. The molecule has 2 rings (SSSR count). The van der Waals surface area contributed by atoms with Crippen LogP contribution in [0, 0.1) is 5.82 Å². The van der Waals surface area contributed by atoms with Gasteiger partial charge in [-0.2, -0.15) is 8.78 Å². The third kappa shape index (κ3) is 4.41. The van der Waals surface area contributed by atoms with Crippen LogP contribution in [0.2, 0.25) is 5.02 Å². The number of carbonyl (C=O) groups excluding carboxylic acids is 1. The van der Waals surface area contributed by atoms with Crippen molar-refractivity contribution in [2.75, 3.05) is 5.32 Å². The van der Waals surface area contributed by atoms with Crippen molar-refractivity contribution in [2.45, 2.75) is 10.7 Å². The largest absolute Gasteiger partial charge is 0.322 e. The van der Waals surface area contributed by atoms with Crippen LogP contribution < -0.4 is 5.32 Å². The number of alkyl halides is 2. The van der Waals surface area contributed by atoms with Crippen LogP contribution in [0.15, 0.2) is 47.4 Å². The van der Waals surface area contributed by atoms with Gasteiger partial charge in [0.2, 0.25) is 0 Å². The first-order valence-corrected chi connectivity index (χ1v) is 7.03. The molecule has 0 fully saturated rings. The summed E-state index contributed by atoms with van der Waals surface area (Å²) in [6, 6.07) is 9.47. The maximum Gasteiger partial charge on any atom is 0.288 e. The Morgan fingerprint density at radius 2 is 1.81 bits per heavy atom. The van der Waals surface area contributed by atoms with E-state index in [4.69, 9.17) is 11.6 Å². The predicted molar refractivity (Wildman–Crippen MR) is 77.7 cm³/mol. The highest BCUT2D eigenvalue weighted by atomic mass is 35.5.